The van der Waals surface area contributed by atoms with Crippen LogP contribution in [0, 0.1) is 0 Å². The molecule has 2 fully saturated rings. The number of hydrogen-bond donors (Lipinski definition) is 2. The van der Waals surface area contributed by atoms with Gasteiger partial charge in [0.2, 0.25) is 5.95 Å². The van der Waals surface area contributed by atoms with Gasteiger partial charge in [0.25, 0.3) is 0 Å². The second kappa shape index (κ2) is 9.45. The molecule has 0 aromatic carbocycles. The van der Waals surface area contributed by atoms with Gasteiger partial charge < -0.3 is 24.9 Å². The lowest BCUT2D eigenvalue weighted by atomic mass is 9.99. The molecular formula is C18H26ClN5O3. The van der Waals surface area contributed by atoms with Crippen molar-refractivity contribution in [2.45, 2.75) is 37.7 Å². The lowest BCUT2D eigenvalue weighted by Crippen LogP contribution is -2.21. The highest BCUT2D eigenvalue weighted by atomic mass is 35.5. The summed E-state index contributed by atoms with van der Waals surface area (Å²) in [6.45, 7) is 2.94. The van der Waals surface area contributed by atoms with Crippen LogP contribution in [0.1, 0.15) is 37.4 Å². The molecule has 1 atom stereocenters. The van der Waals surface area contributed by atoms with Crippen molar-refractivity contribution in [2.24, 2.45) is 7.05 Å². The van der Waals surface area contributed by atoms with Crippen LogP contribution in [0.3, 0.4) is 0 Å². The van der Waals surface area contributed by atoms with Crippen LogP contribution in [0.4, 0.5) is 5.95 Å². The number of nitrogens with zero attached hydrogens (tertiary/aromatic N) is 4. The number of ether oxygens (including phenoxy) is 2. The predicted molar refractivity (Wildman–Crippen MR) is 103 cm³/mol. The molecule has 0 saturated carbocycles. The zero-order valence-electron chi connectivity index (χ0n) is 15.5. The first kappa shape index (κ1) is 20.0. The van der Waals surface area contributed by atoms with Gasteiger partial charge in [-0.2, -0.15) is 0 Å². The van der Waals surface area contributed by atoms with Crippen molar-refractivity contribution in [1.82, 2.24) is 19.5 Å². The van der Waals surface area contributed by atoms with Gasteiger partial charge in [-0.3, -0.25) is 0 Å². The predicted octanol–water partition coefficient (Wildman–Crippen LogP) is 2.16. The zero-order chi connectivity index (χ0) is 19.2. The molecule has 0 bridgehead atoms. The van der Waals surface area contributed by atoms with Gasteiger partial charge in [-0.25, -0.2) is 15.0 Å². The molecule has 8 nitrogen and oxygen atoms in total. The average Bonchev–Trinajstić information content (AvgIpc) is 3.07. The summed E-state index contributed by atoms with van der Waals surface area (Å²) in [6, 6.07) is 0. The lowest BCUT2D eigenvalue weighted by Gasteiger charge is -2.21. The number of nitrogens with two attached hydrogens (primary N) is 1. The Morgan fingerprint density at radius 2 is 1.93 bits per heavy atom. The van der Waals surface area contributed by atoms with Crippen LogP contribution in [0.15, 0.2) is 12.4 Å². The molecule has 2 aliphatic heterocycles. The van der Waals surface area contributed by atoms with E-state index in [4.69, 9.17) is 31.9 Å². The normalized spacial score (nSPS) is 20.8. The highest BCUT2D eigenvalue weighted by molar-refractivity contribution is 6.32. The number of anilines is 1. The average molecular weight is 396 g/mol. The van der Waals surface area contributed by atoms with Crippen molar-refractivity contribution >= 4 is 17.5 Å². The fraction of sp³-hybridized carbons (Fsp3) is 0.611. The van der Waals surface area contributed by atoms with E-state index in [2.05, 4.69) is 15.0 Å². The van der Waals surface area contributed by atoms with Gasteiger partial charge in [-0.15, -0.1) is 0 Å². The van der Waals surface area contributed by atoms with E-state index in [1.54, 1.807) is 6.20 Å². The van der Waals surface area contributed by atoms with Crippen LogP contribution < -0.4 is 5.73 Å². The largest absolute Gasteiger partial charge is 0.391 e. The maximum Gasteiger partial charge on any atom is 0.220 e. The Bertz CT molecular complexity index is 743. The number of aromatic nitrogens is 4. The molecular weight excluding hydrogens is 370 g/mol. The summed E-state index contributed by atoms with van der Waals surface area (Å²) in [5, 5.41) is 9.26. The topological polar surface area (TPSA) is 108 Å². The van der Waals surface area contributed by atoms with Crippen molar-refractivity contribution in [1.29, 1.82) is 0 Å². The van der Waals surface area contributed by atoms with Crippen LogP contribution in [-0.4, -0.2) is 57.2 Å². The molecule has 0 spiro atoms. The van der Waals surface area contributed by atoms with Crippen molar-refractivity contribution in [3.8, 4) is 11.4 Å². The second-order valence-corrected chi connectivity index (χ2v) is 7.15. The van der Waals surface area contributed by atoms with E-state index in [0.29, 0.717) is 23.2 Å². The summed E-state index contributed by atoms with van der Waals surface area (Å²) >= 11 is 6.16. The molecule has 2 saturated heterocycles. The molecule has 3 N–H and O–H groups in total. The number of halogens is 1. The maximum absolute atomic E-state index is 8.78. The van der Waals surface area contributed by atoms with Crippen LogP contribution >= 0.6 is 11.6 Å². The van der Waals surface area contributed by atoms with Gasteiger partial charge in [0.1, 0.15) is 11.5 Å². The van der Waals surface area contributed by atoms with Crippen molar-refractivity contribution in [3.05, 3.63) is 23.2 Å². The monoisotopic (exact) mass is 395 g/mol. The van der Waals surface area contributed by atoms with Crippen LogP contribution in [0.25, 0.3) is 11.4 Å². The Kier molecular flexibility index (Phi) is 7.01. The SMILES string of the molecule is Cn1c(-c2nc(N)ncc2Cl)cnc1C1CCOCC1.OC1CCCOC1. The molecule has 0 amide bonds. The number of rotatable bonds is 2. The minimum atomic E-state index is -0.186. The van der Waals surface area contributed by atoms with E-state index >= 15 is 0 Å². The Labute approximate surface area is 163 Å². The molecule has 9 heteroatoms. The van der Waals surface area contributed by atoms with E-state index in [-0.39, 0.29) is 12.1 Å². The summed E-state index contributed by atoms with van der Waals surface area (Å²) in [5.41, 5.74) is 7.11. The fourth-order valence-corrected chi connectivity index (χ4v) is 3.45. The standard InChI is InChI=1S/C13H16ClN5O.C5H10O2/c1-19-10(11-9(14)6-17-13(15)18-11)7-16-12(19)8-2-4-20-5-3-8;6-5-2-1-3-7-4-5/h6-8H,2-5H2,1H3,(H2,15,17,18);5-6H,1-4H2. The fourth-order valence-electron chi connectivity index (χ4n) is 3.26. The van der Waals surface area contributed by atoms with E-state index in [0.717, 1.165) is 57.0 Å². The summed E-state index contributed by atoms with van der Waals surface area (Å²) in [7, 11) is 1.97. The molecule has 4 heterocycles. The van der Waals surface area contributed by atoms with Crippen LogP contribution in [-0.2, 0) is 16.5 Å². The van der Waals surface area contributed by atoms with E-state index in [1.165, 1.54) is 6.20 Å². The number of aliphatic hydroxyl groups is 1. The first-order chi connectivity index (χ1) is 13.1. The van der Waals surface area contributed by atoms with Gasteiger partial charge in [0.05, 0.1) is 35.8 Å². The Balaban J connectivity index is 0.000000253. The Hall–Kier alpha value is -1.74. The zero-order valence-corrected chi connectivity index (χ0v) is 16.2. The first-order valence-electron chi connectivity index (χ1n) is 9.19. The van der Waals surface area contributed by atoms with Gasteiger partial charge in [-0.1, -0.05) is 11.6 Å². The van der Waals surface area contributed by atoms with E-state index in [1.807, 2.05) is 11.6 Å². The van der Waals surface area contributed by atoms with Gasteiger partial charge in [0.15, 0.2) is 0 Å². The van der Waals surface area contributed by atoms with E-state index in [9.17, 15) is 0 Å². The summed E-state index contributed by atoms with van der Waals surface area (Å²) in [6.07, 6.45) is 7.03. The molecule has 0 aliphatic carbocycles. The number of aliphatic hydroxyl groups excluding tert-OH is 1. The van der Waals surface area contributed by atoms with Crippen LogP contribution in [0.2, 0.25) is 5.02 Å². The Morgan fingerprint density at radius 1 is 1.15 bits per heavy atom. The van der Waals surface area contributed by atoms with Crippen molar-refractivity contribution in [2.75, 3.05) is 32.2 Å². The minimum Gasteiger partial charge on any atom is -0.391 e. The summed E-state index contributed by atoms with van der Waals surface area (Å²) in [4.78, 5) is 12.6. The molecule has 27 heavy (non-hydrogen) atoms. The summed E-state index contributed by atoms with van der Waals surface area (Å²) < 4.78 is 12.4. The molecule has 4 rings (SSSR count). The quantitative estimate of drug-likeness (QED) is 0.801. The van der Waals surface area contributed by atoms with Crippen molar-refractivity contribution in [3.63, 3.8) is 0 Å². The number of hydrogen-bond acceptors (Lipinski definition) is 7. The van der Waals surface area contributed by atoms with Crippen molar-refractivity contribution < 1.29 is 14.6 Å². The molecule has 2 aromatic rings. The second-order valence-electron chi connectivity index (χ2n) is 6.74. The highest BCUT2D eigenvalue weighted by Crippen LogP contribution is 2.31. The van der Waals surface area contributed by atoms with Crippen LogP contribution in [0.5, 0.6) is 0 Å². The Morgan fingerprint density at radius 3 is 2.56 bits per heavy atom. The molecule has 0 radical (unpaired) electrons. The third kappa shape index (κ3) is 5.16. The molecule has 2 aliphatic rings. The smallest absolute Gasteiger partial charge is 0.220 e. The maximum atomic E-state index is 8.78. The lowest BCUT2D eigenvalue weighted by molar-refractivity contribution is -0.00535. The van der Waals surface area contributed by atoms with Gasteiger partial charge in [0, 0.05) is 32.8 Å². The third-order valence-electron chi connectivity index (χ3n) is 4.75. The molecule has 148 valence electrons. The number of nitrogen functional groups attached to an aromatic ring is 1. The van der Waals surface area contributed by atoms with Gasteiger partial charge in [-0.05, 0) is 25.7 Å². The number of imidazole rings is 1. The van der Waals surface area contributed by atoms with Gasteiger partial charge >= 0.3 is 0 Å². The third-order valence-corrected chi connectivity index (χ3v) is 5.03. The first-order valence-corrected chi connectivity index (χ1v) is 9.57. The van der Waals surface area contributed by atoms with E-state index < -0.39 is 0 Å². The summed E-state index contributed by atoms with van der Waals surface area (Å²) in [5.74, 6) is 1.66. The molecule has 1 unspecified atom stereocenters. The molecule has 2 aromatic heterocycles. The minimum absolute atomic E-state index is 0.186. The highest BCUT2D eigenvalue weighted by Gasteiger charge is 2.22.